The quantitative estimate of drug-likeness (QED) is 0.801. The number of carboxylic acid groups (broad SMARTS) is 1. The molecule has 0 heterocycles. The molecule has 0 aliphatic heterocycles. The zero-order valence-corrected chi connectivity index (χ0v) is 12.8. The molecule has 0 spiro atoms. The van der Waals surface area contributed by atoms with E-state index in [2.05, 4.69) is 0 Å². The molecule has 0 amide bonds. The third-order valence-corrected chi connectivity index (χ3v) is 3.64. The second kappa shape index (κ2) is 6.54. The lowest BCUT2D eigenvalue weighted by Gasteiger charge is -2.10. The van der Waals surface area contributed by atoms with Crippen LogP contribution in [0.25, 0.3) is 0 Å². The van der Waals surface area contributed by atoms with Crippen LogP contribution in [0.2, 0.25) is 0 Å². The molecule has 2 rings (SSSR count). The zero-order valence-electron chi connectivity index (χ0n) is 10.6. The van der Waals surface area contributed by atoms with Crippen molar-refractivity contribution in [1.82, 2.24) is 0 Å². The number of hydrogen-bond donors (Lipinski definition) is 1. The first-order chi connectivity index (χ1) is 10.0. The smallest absolute Gasteiger partial charge is 0.335 e. The Morgan fingerprint density at radius 3 is 2.76 bits per heavy atom. The van der Waals surface area contributed by atoms with Crippen molar-refractivity contribution in [2.75, 3.05) is 0 Å². The number of rotatable bonds is 4. The highest BCUT2D eigenvalue weighted by atomic mass is 127. The summed E-state index contributed by atoms with van der Waals surface area (Å²) in [6.45, 7) is 0.0578. The fraction of sp³-hybridized carbons (Fsp3) is 0.0667. The molecule has 0 fully saturated rings. The van der Waals surface area contributed by atoms with Crippen LogP contribution in [0.15, 0.2) is 36.4 Å². The van der Waals surface area contributed by atoms with Crippen molar-refractivity contribution in [3.05, 3.63) is 62.5 Å². The summed E-state index contributed by atoms with van der Waals surface area (Å²) in [5.41, 5.74) is 0.847. The van der Waals surface area contributed by atoms with E-state index >= 15 is 0 Å². The summed E-state index contributed by atoms with van der Waals surface area (Å²) in [6.07, 6.45) is 0. The number of nitriles is 1. The van der Waals surface area contributed by atoms with Crippen molar-refractivity contribution in [1.29, 1.82) is 5.26 Å². The van der Waals surface area contributed by atoms with E-state index in [1.165, 1.54) is 24.3 Å². The van der Waals surface area contributed by atoms with Crippen molar-refractivity contribution < 1.29 is 19.0 Å². The van der Waals surface area contributed by atoms with Crippen LogP contribution in [0.3, 0.4) is 0 Å². The summed E-state index contributed by atoms with van der Waals surface area (Å²) in [7, 11) is 0. The number of ether oxygens (including phenoxy) is 1. The highest BCUT2D eigenvalue weighted by Crippen LogP contribution is 2.24. The lowest BCUT2D eigenvalue weighted by Crippen LogP contribution is -2.02. The lowest BCUT2D eigenvalue weighted by molar-refractivity contribution is 0.0696. The molecule has 6 heteroatoms. The third-order valence-electron chi connectivity index (χ3n) is 2.75. The molecular formula is C15H9FINO3. The van der Waals surface area contributed by atoms with Crippen LogP contribution >= 0.6 is 22.6 Å². The van der Waals surface area contributed by atoms with Crippen LogP contribution < -0.4 is 4.74 Å². The summed E-state index contributed by atoms with van der Waals surface area (Å²) < 4.78 is 19.3. The molecule has 0 saturated heterocycles. The maximum Gasteiger partial charge on any atom is 0.335 e. The van der Waals surface area contributed by atoms with Crippen molar-refractivity contribution in [3.63, 3.8) is 0 Å². The maximum atomic E-state index is 13.0. The molecule has 2 aromatic rings. The Hall–Kier alpha value is -2.14. The van der Waals surface area contributed by atoms with Gasteiger partial charge in [-0.3, -0.25) is 0 Å². The minimum atomic E-state index is -1.05. The number of aromatic carboxylic acids is 1. The van der Waals surface area contributed by atoms with Crippen LogP contribution in [0.4, 0.5) is 4.39 Å². The van der Waals surface area contributed by atoms with Gasteiger partial charge < -0.3 is 9.84 Å². The lowest BCUT2D eigenvalue weighted by atomic mass is 10.1. The second-order valence-electron chi connectivity index (χ2n) is 4.15. The topological polar surface area (TPSA) is 70.3 Å². The van der Waals surface area contributed by atoms with Gasteiger partial charge in [-0.2, -0.15) is 5.26 Å². The summed E-state index contributed by atoms with van der Waals surface area (Å²) in [6, 6.07) is 10.3. The van der Waals surface area contributed by atoms with E-state index in [1.54, 1.807) is 6.07 Å². The van der Waals surface area contributed by atoms with Gasteiger partial charge in [0.25, 0.3) is 0 Å². The summed E-state index contributed by atoms with van der Waals surface area (Å²) >= 11 is 2.02. The number of carboxylic acids is 1. The molecule has 0 radical (unpaired) electrons. The van der Waals surface area contributed by atoms with Crippen molar-refractivity contribution in [2.45, 2.75) is 6.61 Å². The third kappa shape index (κ3) is 3.70. The predicted octanol–water partition coefficient (Wildman–Crippen LogP) is 3.58. The van der Waals surface area contributed by atoms with E-state index in [9.17, 15) is 9.18 Å². The number of nitrogens with zero attached hydrogens (tertiary/aromatic N) is 1. The Bertz CT molecular complexity index is 740. The average Bonchev–Trinajstić information content (AvgIpc) is 2.47. The summed E-state index contributed by atoms with van der Waals surface area (Å²) in [4.78, 5) is 10.9. The Balaban J connectivity index is 2.22. The van der Waals surface area contributed by atoms with Crippen LogP contribution in [0.1, 0.15) is 21.5 Å². The first-order valence-electron chi connectivity index (χ1n) is 5.85. The molecule has 106 valence electrons. The first kappa shape index (κ1) is 15.3. The van der Waals surface area contributed by atoms with Gasteiger partial charge in [0.2, 0.25) is 0 Å². The maximum absolute atomic E-state index is 13.0. The highest BCUT2D eigenvalue weighted by molar-refractivity contribution is 14.1. The first-order valence-corrected chi connectivity index (χ1v) is 6.93. The molecule has 2 aromatic carbocycles. The van der Waals surface area contributed by atoms with Crippen molar-refractivity contribution in [2.24, 2.45) is 0 Å². The number of hydrogen-bond acceptors (Lipinski definition) is 3. The van der Waals surface area contributed by atoms with Crippen LogP contribution in [0, 0.1) is 20.7 Å². The minimum Gasteiger partial charge on any atom is -0.488 e. The fourth-order valence-corrected chi connectivity index (χ4v) is 2.17. The molecule has 0 saturated carbocycles. The SMILES string of the molecule is N#Cc1cc(F)ccc1COc1cc(C(=O)O)ccc1I. The Morgan fingerprint density at radius 2 is 2.10 bits per heavy atom. The number of benzene rings is 2. The fourth-order valence-electron chi connectivity index (χ4n) is 1.68. The van der Waals surface area contributed by atoms with E-state index in [0.717, 1.165) is 9.64 Å². The Morgan fingerprint density at radius 1 is 1.33 bits per heavy atom. The number of carbonyl (C=O) groups is 1. The van der Waals surface area contributed by atoms with Gasteiger partial charge in [-0.05, 0) is 52.9 Å². The largest absolute Gasteiger partial charge is 0.488 e. The summed E-state index contributed by atoms with van der Waals surface area (Å²) in [5, 5.41) is 17.9. The predicted molar refractivity (Wildman–Crippen MR) is 81.6 cm³/mol. The monoisotopic (exact) mass is 397 g/mol. The number of halogens is 2. The molecule has 0 aliphatic rings. The second-order valence-corrected chi connectivity index (χ2v) is 5.31. The molecule has 0 bridgehead atoms. The normalized spacial score (nSPS) is 9.95. The Labute approximate surface area is 133 Å². The van der Waals surface area contributed by atoms with E-state index in [1.807, 2.05) is 28.7 Å². The van der Waals surface area contributed by atoms with E-state index in [-0.39, 0.29) is 17.7 Å². The van der Waals surface area contributed by atoms with Crippen molar-refractivity contribution in [3.8, 4) is 11.8 Å². The van der Waals surface area contributed by atoms with Gasteiger partial charge in [-0.25, -0.2) is 9.18 Å². The van der Waals surface area contributed by atoms with E-state index in [0.29, 0.717) is 11.3 Å². The molecule has 4 nitrogen and oxygen atoms in total. The van der Waals surface area contributed by atoms with E-state index < -0.39 is 11.8 Å². The molecule has 21 heavy (non-hydrogen) atoms. The molecular weight excluding hydrogens is 388 g/mol. The van der Waals surface area contributed by atoms with Crippen LogP contribution in [0.5, 0.6) is 5.75 Å². The van der Waals surface area contributed by atoms with Gasteiger partial charge in [0.1, 0.15) is 18.2 Å². The molecule has 0 aliphatic carbocycles. The van der Waals surface area contributed by atoms with Gasteiger partial charge in [0.15, 0.2) is 0 Å². The van der Waals surface area contributed by atoms with E-state index in [4.69, 9.17) is 15.1 Å². The van der Waals surface area contributed by atoms with Gasteiger partial charge >= 0.3 is 5.97 Å². The molecule has 1 N–H and O–H groups in total. The minimum absolute atomic E-state index is 0.0578. The van der Waals surface area contributed by atoms with Gasteiger partial charge in [0, 0.05) is 5.56 Å². The molecule has 0 unspecified atom stereocenters. The highest BCUT2D eigenvalue weighted by Gasteiger charge is 2.10. The summed E-state index contributed by atoms with van der Waals surface area (Å²) in [5.74, 6) is -1.13. The molecule has 0 atom stereocenters. The average molecular weight is 397 g/mol. The van der Waals surface area contributed by atoms with Gasteiger partial charge in [0.05, 0.1) is 20.8 Å². The van der Waals surface area contributed by atoms with Crippen LogP contribution in [-0.2, 0) is 6.61 Å². The standard InChI is InChI=1S/C15H9FINO3/c16-12-3-1-10(11(5-12)7-18)8-21-14-6-9(15(19)20)2-4-13(14)17/h1-6H,8H2,(H,19,20). The zero-order chi connectivity index (χ0) is 15.4. The van der Waals surface area contributed by atoms with Gasteiger partial charge in [-0.15, -0.1) is 0 Å². The van der Waals surface area contributed by atoms with Gasteiger partial charge in [-0.1, -0.05) is 6.07 Å². The van der Waals surface area contributed by atoms with Crippen LogP contribution in [-0.4, -0.2) is 11.1 Å². The molecule has 0 aromatic heterocycles. The Kier molecular flexibility index (Phi) is 4.75. The van der Waals surface area contributed by atoms with Crippen molar-refractivity contribution >= 4 is 28.6 Å².